The highest BCUT2D eigenvalue weighted by Crippen LogP contribution is 2.29. The Balaban J connectivity index is 2.66. The topological polar surface area (TPSA) is 0 Å². The molecule has 0 aromatic rings. The minimum Gasteiger partial charge on any atom is -0.0925 e. The molecule has 5 heavy (non-hydrogen) atoms. The summed E-state index contributed by atoms with van der Waals surface area (Å²) < 4.78 is 28.3. The molecule has 0 aromatic heterocycles. The van der Waals surface area contributed by atoms with Crippen molar-refractivity contribution in [3.63, 3.8) is 0 Å². The number of hydrogen-bond acceptors (Lipinski definition) is 0. The fraction of sp³-hybridized carbons (Fsp3) is 1.00. The molecule has 1 heteroatoms. The van der Waals surface area contributed by atoms with Crippen molar-refractivity contribution in [1.29, 1.82) is 0 Å². The Labute approximate surface area is 46.3 Å². The molecule has 1 saturated carbocycles. The molecule has 0 aliphatic heterocycles. The Bertz CT molecular complexity index is 119. The van der Waals surface area contributed by atoms with Crippen molar-refractivity contribution < 1.29 is 5.48 Å². The Morgan fingerprint density at radius 3 is 2.60 bits per heavy atom. The lowest BCUT2D eigenvalue weighted by Crippen LogP contribution is -1.66. The SMILES string of the molecule is [2H]C1([2H])C(CBr)C1([2H])[2H]. The van der Waals surface area contributed by atoms with Gasteiger partial charge in [-0.1, -0.05) is 15.9 Å². The van der Waals surface area contributed by atoms with Gasteiger partial charge in [0, 0.05) is 10.8 Å². The molecule has 1 aliphatic carbocycles. The van der Waals surface area contributed by atoms with Crippen molar-refractivity contribution >= 4 is 15.9 Å². The minimum atomic E-state index is -1.60. The molecule has 0 bridgehead atoms. The van der Waals surface area contributed by atoms with Crippen LogP contribution in [0.5, 0.6) is 0 Å². The summed E-state index contributed by atoms with van der Waals surface area (Å²) >= 11 is 3.05. The lowest BCUT2D eigenvalue weighted by Gasteiger charge is -1.70. The first kappa shape index (κ1) is 1.22. The number of halogens is 1. The third kappa shape index (κ3) is 0.918. The van der Waals surface area contributed by atoms with Gasteiger partial charge in [-0.2, -0.15) is 0 Å². The summed E-state index contributed by atoms with van der Waals surface area (Å²) in [4.78, 5) is 0. The molecule has 0 heterocycles. The van der Waals surface area contributed by atoms with E-state index in [2.05, 4.69) is 15.9 Å². The molecule has 0 N–H and O–H groups in total. The van der Waals surface area contributed by atoms with Gasteiger partial charge in [-0.25, -0.2) is 0 Å². The minimum absolute atomic E-state index is 0.410. The van der Waals surface area contributed by atoms with E-state index in [0.29, 0.717) is 5.33 Å². The molecule has 0 amide bonds. The maximum Gasteiger partial charge on any atom is 0.0270 e. The zero-order valence-corrected chi connectivity index (χ0v) is 4.25. The van der Waals surface area contributed by atoms with E-state index >= 15 is 0 Å². The summed E-state index contributed by atoms with van der Waals surface area (Å²) in [7, 11) is 0. The van der Waals surface area contributed by atoms with Crippen LogP contribution in [0.25, 0.3) is 0 Å². The van der Waals surface area contributed by atoms with Gasteiger partial charge in [-0.15, -0.1) is 0 Å². The van der Waals surface area contributed by atoms with E-state index in [1.165, 1.54) is 0 Å². The third-order valence-electron chi connectivity index (χ3n) is 0.503. The van der Waals surface area contributed by atoms with Gasteiger partial charge in [0.1, 0.15) is 0 Å². The van der Waals surface area contributed by atoms with Crippen molar-refractivity contribution in [1.82, 2.24) is 0 Å². The smallest absolute Gasteiger partial charge is 0.0270 e. The number of alkyl halides is 1. The molecule has 0 radical (unpaired) electrons. The molecule has 0 atom stereocenters. The van der Waals surface area contributed by atoms with Crippen LogP contribution in [0.15, 0.2) is 0 Å². The Morgan fingerprint density at radius 2 is 2.60 bits per heavy atom. The molecule has 0 aromatic carbocycles. The van der Waals surface area contributed by atoms with Crippen LogP contribution in [-0.2, 0) is 0 Å². The van der Waals surface area contributed by atoms with E-state index in [1.54, 1.807) is 0 Å². The van der Waals surface area contributed by atoms with Gasteiger partial charge < -0.3 is 0 Å². The van der Waals surface area contributed by atoms with E-state index in [9.17, 15) is 0 Å². The van der Waals surface area contributed by atoms with E-state index in [-0.39, 0.29) is 0 Å². The largest absolute Gasteiger partial charge is 0.0925 e. The van der Waals surface area contributed by atoms with E-state index in [4.69, 9.17) is 5.48 Å². The van der Waals surface area contributed by atoms with E-state index in [1.807, 2.05) is 0 Å². The quantitative estimate of drug-likeness (QED) is 0.486. The molecule has 1 aliphatic rings. The highest BCUT2D eigenvalue weighted by Gasteiger charge is 2.18. The van der Waals surface area contributed by atoms with Gasteiger partial charge in [-0.05, 0) is 18.7 Å². The molecule has 0 saturated heterocycles. The van der Waals surface area contributed by atoms with Crippen LogP contribution in [0.4, 0.5) is 0 Å². The van der Waals surface area contributed by atoms with Crippen LogP contribution >= 0.6 is 15.9 Å². The second kappa shape index (κ2) is 1.29. The van der Waals surface area contributed by atoms with Gasteiger partial charge in [0.15, 0.2) is 0 Å². The van der Waals surface area contributed by atoms with Crippen LogP contribution < -0.4 is 0 Å². The van der Waals surface area contributed by atoms with Crippen LogP contribution in [0.3, 0.4) is 0 Å². The summed E-state index contributed by atoms with van der Waals surface area (Å²) in [5.41, 5.74) is 0. The fourth-order valence-corrected chi connectivity index (χ4v) is 0.460. The van der Waals surface area contributed by atoms with E-state index < -0.39 is 18.7 Å². The Morgan fingerprint density at radius 1 is 2.00 bits per heavy atom. The summed E-state index contributed by atoms with van der Waals surface area (Å²) in [5, 5.41) is 0.410. The maximum absolute atomic E-state index is 7.07. The van der Waals surface area contributed by atoms with Gasteiger partial charge in [0.25, 0.3) is 0 Å². The van der Waals surface area contributed by atoms with Gasteiger partial charge >= 0.3 is 0 Å². The molecular formula is C4H7Br. The number of rotatable bonds is 1. The second-order valence-corrected chi connectivity index (χ2v) is 1.64. The predicted molar refractivity (Wildman–Crippen MR) is 26.5 cm³/mol. The summed E-state index contributed by atoms with van der Waals surface area (Å²) in [6.07, 6.45) is -3.20. The van der Waals surface area contributed by atoms with Crippen LogP contribution in [0, 0.1) is 5.92 Å². The zero-order chi connectivity index (χ0) is 7.28. The normalized spacial score (nSPS) is 55.4. The van der Waals surface area contributed by atoms with Crippen LogP contribution in [0.2, 0.25) is 0 Å². The fourth-order valence-electron chi connectivity index (χ4n) is 0.136. The molecule has 0 nitrogen and oxygen atoms in total. The molecular weight excluding hydrogens is 128 g/mol. The monoisotopic (exact) mass is 138 g/mol. The van der Waals surface area contributed by atoms with Crippen molar-refractivity contribution in [3.8, 4) is 0 Å². The highest BCUT2D eigenvalue weighted by molar-refractivity contribution is 9.09. The zero-order valence-electron chi connectivity index (χ0n) is 6.66. The summed E-state index contributed by atoms with van der Waals surface area (Å²) in [5.74, 6) is -0.454. The molecule has 1 rings (SSSR count). The maximum atomic E-state index is 7.07. The molecule has 0 unspecified atom stereocenters. The third-order valence-corrected chi connectivity index (χ3v) is 1.15. The average molecular weight is 139 g/mol. The summed E-state index contributed by atoms with van der Waals surface area (Å²) in [6.45, 7) is 0. The van der Waals surface area contributed by atoms with Gasteiger partial charge in [0.2, 0.25) is 0 Å². The van der Waals surface area contributed by atoms with Crippen LogP contribution in [-0.4, -0.2) is 5.33 Å². The van der Waals surface area contributed by atoms with Crippen LogP contribution in [0.1, 0.15) is 18.2 Å². The number of hydrogen-bond donors (Lipinski definition) is 0. The lowest BCUT2D eigenvalue weighted by molar-refractivity contribution is 1.01. The highest BCUT2D eigenvalue weighted by atomic mass is 79.9. The first-order valence-corrected chi connectivity index (χ1v) is 2.62. The Hall–Kier alpha value is 0.480. The molecule has 0 spiro atoms. The summed E-state index contributed by atoms with van der Waals surface area (Å²) in [6, 6.07) is 0. The molecule has 30 valence electrons. The average Bonchev–Trinajstić information content (AvgIpc) is 2.00. The predicted octanol–water partition coefficient (Wildman–Crippen LogP) is 1.79. The Kier molecular flexibility index (Phi) is 0.316. The van der Waals surface area contributed by atoms with Crippen molar-refractivity contribution in [2.24, 2.45) is 5.92 Å². The lowest BCUT2D eigenvalue weighted by atomic mass is 10.5. The van der Waals surface area contributed by atoms with E-state index in [0.717, 1.165) is 0 Å². The second-order valence-electron chi connectivity index (χ2n) is 0.996. The van der Waals surface area contributed by atoms with Crippen molar-refractivity contribution in [2.75, 3.05) is 5.33 Å². The van der Waals surface area contributed by atoms with Gasteiger partial charge in [0.05, 0.1) is 0 Å². The van der Waals surface area contributed by atoms with Crippen molar-refractivity contribution in [3.05, 3.63) is 0 Å². The van der Waals surface area contributed by atoms with Gasteiger partial charge in [-0.3, -0.25) is 0 Å². The molecule has 1 fully saturated rings. The first-order valence-electron chi connectivity index (χ1n) is 3.50. The first-order chi connectivity index (χ1) is 3.94. The standard InChI is InChI=1S/C4H7Br/c5-3-4-1-2-4/h4H,1-3H2/i1D2,2D2. The van der Waals surface area contributed by atoms with Crippen molar-refractivity contribution in [2.45, 2.75) is 12.7 Å².